The summed E-state index contributed by atoms with van der Waals surface area (Å²) in [6.45, 7) is 11.5. The number of anilines is 1. The first-order valence-electron chi connectivity index (χ1n) is 6.12. The van der Waals surface area contributed by atoms with E-state index in [4.69, 9.17) is 0 Å². The zero-order valence-corrected chi connectivity index (χ0v) is 11.6. The van der Waals surface area contributed by atoms with Crippen LogP contribution in [0.5, 0.6) is 0 Å². The van der Waals surface area contributed by atoms with Crippen molar-refractivity contribution >= 4 is 5.69 Å². The molecule has 1 aliphatic heterocycles. The second-order valence-corrected chi connectivity index (χ2v) is 6.76. The van der Waals surface area contributed by atoms with Crippen LogP contribution in [0.25, 0.3) is 0 Å². The maximum atomic E-state index is 12.1. The van der Waals surface area contributed by atoms with Gasteiger partial charge in [-0.3, -0.25) is 4.79 Å². The summed E-state index contributed by atoms with van der Waals surface area (Å²) in [5, 5.41) is 0. The van der Waals surface area contributed by atoms with Crippen LogP contribution in [-0.4, -0.2) is 18.6 Å². The lowest BCUT2D eigenvalue weighted by molar-refractivity contribution is 0.543. The van der Waals surface area contributed by atoms with Gasteiger partial charge in [0.15, 0.2) is 0 Å². The van der Waals surface area contributed by atoms with Crippen LogP contribution in [0.2, 0.25) is 0 Å². The van der Waals surface area contributed by atoms with Gasteiger partial charge in [-0.25, -0.2) is 0 Å². The molecule has 0 spiro atoms. The second kappa shape index (κ2) is 3.37. The number of likely N-dealkylation sites (N-methyl/N-ethyl adjacent to an activating group) is 1. The summed E-state index contributed by atoms with van der Waals surface area (Å²) in [7, 11) is 2.08. The van der Waals surface area contributed by atoms with Crippen LogP contribution in [0.4, 0.5) is 5.69 Å². The van der Waals surface area contributed by atoms with E-state index in [-0.39, 0.29) is 16.4 Å². The summed E-state index contributed by atoms with van der Waals surface area (Å²) in [4.78, 5) is 17.5. The number of fused-ring (bicyclic) bond motifs is 1. The molecule has 0 bridgehead atoms. The summed E-state index contributed by atoms with van der Waals surface area (Å²) >= 11 is 0. The van der Waals surface area contributed by atoms with Crippen LogP contribution in [0.1, 0.15) is 45.9 Å². The van der Waals surface area contributed by atoms with Gasteiger partial charge in [0.2, 0.25) is 0 Å². The van der Waals surface area contributed by atoms with Crippen LogP contribution in [-0.2, 0) is 10.8 Å². The molecule has 0 atom stereocenters. The number of nitrogens with one attached hydrogen (secondary N) is 1. The van der Waals surface area contributed by atoms with Gasteiger partial charge in [0, 0.05) is 30.3 Å². The predicted molar refractivity (Wildman–Crippen MR) is 72.1 cm³/mol. The number of aromatic amines is 1. The molecule has 94 valence electrons. The van der Waals surface area contributed by atoms with Crippen LogP contribution < -0.4 is 10.5 Å². The molecule has 2 rings (SSSR count). The monoisotopic (exact) mass is 234 g/mol. The summed E-state index contributed by atoms with van der Waals surface area (Å²) < 4.78 is 0. The van der Waals surface area contributed by atoms with Crippen molar-refractivity contribution in [2.45, 2.75) is 45.4 Å². The Balaban J connectivity index is 2.68. The Morgan fingerprint density at radius 1 is 1.35 bits per heavy atom. The van der Waals surface area contributed by atoms with Crippen LogP contribution in [0.15, 0.2) is 10.9 Å². The standard InChI is InChI=1S/C14H22N2O/c1-13(2,3)9-7-10-11(15-12(9)17)14(4,5)8-16(10)6/h7H,8H2,1-6H3,(H,15,17). The number of aromatic nitrogens is 1. The zero-order chi connectivity index (χ0) is 13.0. The van der Waals surface area contributed by atoms with E-state index in [2.05, 4.69) is 57.6 Å². The molecular formula is C14H22N2O. The molecule has 1 aliphatic rings. The summed E-state index contributed by atoms with van der Waals surface area (Å²) in [6, 6.07) is 2.06. The topological polar surface area (TPSA) is 36.1 Å². The Hall–Kier alpha value is -1.25. The highest BCUT2D eigenvalue weighted by molar-refractivity contribution is 5.60. The molecule has 0 amide bonds. The van der Waals surface area contributed by atoms with Crippen molar-refractivity contribution in [3.05, 3.63) is 27.7 Å². The van der Waals surface area contributed by atoms with Crippen LogP contribution in [0.3, 0.4) is 0 Å². The fourth-order valence-corrected chi connectivity index (χ4v) is 2.65. The number of hydrogen-bond acceptors (Lipinski definition) is 2. The van der Waals surface area contributed by atoms with Crippen molar-refractivity contribution in [1.82, 2.24) is 4.98 Å². The van der Waals surface area contributed by atoms with Crippen molar-refractivity contribution in [2.75, 3.05) is 18.5 Å². The highest BCUT2D eigenvalue weighted by Crippen LogP contribution is 2.38. The number of rotatable bonds is 0. The molecule has 0 unspecified atom stereocenters. The SMILES string of the molecule is CN1CC(C)(C)c2[nH]c(=O)c(C(C)(C)C)cc21. The second-order valence-electron chi connectivity index (χ2n) is 6.76. The molecule has 1 N–H and O–H groups in total. The summed E-state index contributed by atoms with van der Waals surface area (Å²) in [6.07, 6.45) is 0. The lowest BCUT2D eigenvalue weighted by atomic mass is 9.86. The van der Waals surface area contributed by atoms with Gasteiger partial charge in [0.05, 0.1) is 5.69 Å². The fourth-order valence-electron chi connectivity index (χ4n) is 2.65. The quantitative estimate of drug-likeness (QED) is 0.748. The van der Waals surface area contributed by atoms with Gasteiger partial charge in [-0.15, -0.1) is 0 Å². The molecule has 0 radical (unpaired) electrons. The number of hydrogen-bond donors (Lipinski definition) is 1. The Labute approximate surface area is 103 Å². The Bertz CT molecular complexity index is 506. The van der Waals surface area contributed by atoms with Crippen molar-refractivity contribution in [1.29, 1.82) is 0 Å². The van der Waals surface area contributed by atoms with E-state index >= 15 is 0 Å². The molecule has 1 aromatic heterocycles. The molecule has 0 aliphatic carbocycles. The average Bonchev–Trinajstić information content (AvgIpc) is 2.34. The van der Waals surface area contributed by atoms with Crippen molar-refractivity contribution in [3.63, 3.8) is 0 Å². The van der Waals surface area contributed by atoms with Crippen LogP contribution in [0, 0.1) is 0 Å². The third-order valence-electron chi connectivity index (χ3n) is 3.55. The molecular weight excluding hydrogens is 212 g/mol. The third-order valence-corrected chi connectivity index (χ3v) is 3.55. The summed E-state index contributed by atoms with van der Waals surface area (Å²) in [5.41, 5.74) is 3.06. The smallest absolute Gasteiger partial charge is 0.252 e. The molecule has 0 saturated carbocycles. The van der Waals surface area contributed by atoms with E-state index in [0.717, 1.165) is 17.8 Å². The number of H-pyrrole nitrogens is 1. The first kappa shape index (κ1) is 12.2. The summed E-state index contributed by atoms with van der Waals surface area (Å²) in [5.74, 6) is 0. The third kappa shape index (κ3) is 1.88. The number of nitrogens with zero attached hydrogens (tertiary/aromatic N) is 1. The molecule has 2 heterocycles. The van der Waals surface area contributed by atoms with Gasteiger partial charge >= 0.3 is 0 Å². The Kier molecular flexibility index (Phi) is 2.42. The largest absolute Gasteiger partial charge is 0.372 e. The van der Waals surface area contributed by atoms with Gasteiger partial charge in [0.1, 0.15) is 0 Å². The fraction of sp³-hybridized carbons (Fsp3) is 0.643. The van der Waals surface area contributed by atoms with Crippen molar-refractivity contribution in [3.8, 4) is 0 Å². The van der Waals surface area contributed by atoms with Crippen LogP contribution >= 0.6 is 0 Å². The maximum absolute atomic E-state index is 12.1. The minimum Gasteiger partial charge on any atom is -0.372 e. The van der Waals surface area contributed by atoms with E-state index in [1.165, 1.54) is 5.69 Å². The lowest BCUT2D eigenvalue weighted by Crippen LogP contribution is -2.28. The first-order chi connectivity index (χ1) is 7.63. The van der Waals surface area contributed by atoms with E-state index in [1.807, 2.05) is 0 Å². The minimum absolute atomic E-state index is 0.0274. The Morgan fingerprint density at radius 2 is 1.94 bits per heavy atom. The lowest BCUT2D eigenvalue weighted by Gasteiger charge is -2.21. The molecule has 0 saturated heterocycles. The van der Waals surface area contributed by atoms with E-state index in [9.17, 15) is 4.79 Å². The van der Waals surface area contributed by atoms with Gasteiger partial charge in [-0.1, -0.05) is 34.6 Å². The Morgan fingerprint density at radius 3 is 2.47 bits per heavy atom. The molecule has 3 nitrogen and oxygen atoms in total. The first-order valence-corrected chi connectivity index (χ1v) is 6.12. The molecule has 0 fully saturated rings. The highest BCUT2D eigenvalue weighted by Gasteiger charge is 2.35. The van der Waals surface area contributed by atoms with Crippen molar-refractivity contribution < 1.29 is 0 Å². The average molecular weight is 234 g/mol. The molecule has 3 heteroatoms. The predicted octanol–water partition coefficient (Wildman–Crippen LogP) is 2.40. The number of pyridine rings is 1. The molecule has 0 aromatic carbocycles. The highest BCUT2D eigenvalue weighted by atomic mass is 16.1. The van der Waals surface area contributed by atoms with Gasteiger partial charge in [0.25, 0.3) is 5.56 Å². The van der Waals surface area contributed by atoms with Gasteiger partial charge in [-0.2, -0.15) is 0 Å². The molecule has 1 aromatic rings. The van der Waals surface area contributed by atoms with E-state index in [1.54, 1.807) is 0 Å². The zero-order valence-electron chi connectivity index (χ0n) is 11.6. The van der Waals surface area contributed by atoms with Gasteiger partial charge < -0.3 is 9.88 Å². The molecule has 17 heavy (non-hydrogen) atoms. The van der Waals surface area contributed by atoms with Gasteiger partial charge in [-0.05, 0) is 11.5 Å². The van der Waals surface area contributed by atoms with E-state index in [0.29, 0.717) is 0 Å². The van der Waals surface area contributed by atoms with E-state index < -0.39 is 0 Å². The normalized spacial score (nSPS) is 18.4. The minimum atomic E-state index is -0.115. The van der Waals surface area contributed by atoms with Crippen molar-refractivity contribution in [2.24, 2.45) is 0 Å². The maximum Gasteiger partial charge on any atom is 0.252 e.